The Balaban J connectivity index is 1.68. The third kappa shape index (κ3) is 5.21. The molecule has 0 bridgehead atoms. The average Bonchev–Trinajstić information content (AvgIpc) is 2.65. The zero-order valence-corrected chi connectivity index (χ0v) is 15.8. The topological polar surface area (TPSA) is 63.2 Å². The Labute approximate surface area is 163 Å². The lowest BCUT2D eigenvalue weighted by molar-refractivity contribution is 0.102. The number of anilines is 3. The highest BCUT2D eigenvalue weighted by molar-refractivity contribution is 6.30. The fourth-order valence-electron chi connectivity index (χ4n) is 2.41. The van der Waals surface area contributed by atoms with E-state index in [1.807, 2.05) is 44.2 Å². The van der Waals surface area contributed by atoms with Crippen molar-refractivity contribution in [2.75, 3.05) is 10.6 Å². The van der Waals surface area contributed by atoms with Gasteiger partial charge in [0.15, 0.2) is 0 Å². The fraction of sp³-hybridized carbons (Fsp3) is 0.143. The molecule has 0 atom stereocenters. The van der Waals surface area contributed by atoms with Crippen molar-refractivity contribution < 1.29 is 9.53 Å². The van der Waals surface area contributed by atoms with Gasteiger partial charge in [0.1, 0.15) is 11.4 Å². The van der Waals surface area contributed by atoms with Crippen LogP contribution in [0.25, 0.3) is 0 Å². The lowest BCUT2D eigenvalue weighted by Gasteiger charge is -2.14. The summed E-state index contributed by atoms with van der Waals surface area (Å²) in [7, 11) is 0. The van der Waals surface area contributed by atoms with Crippen molar-refractivity contribution in [3.63, 3.8) is 0 Å². The molecule has 2 aromatic carbocycles. The summed E-state index contributed by atoms with van der Waals surface area (Å²) >= 11 is 5.88. The molecule has 0 saturated carbocycles. The van der Waals surface area contributed by atoms with E-state index < -0.39 is 0 Å². The Morgan fingerprint density at radius 1 is 1.00 bits per heavy atom. The van der Waals surface area contributed by atoms with Crippen LogP contribution in [-0.2, 0) is 0 Å². The lowest BCUT2D eigenvalue weighted by Crippen LogP contribution is -2.15. The van der Waals surface area contributed by atoms with Crippen molar-refractivity contribution >= 4 is 34.6 Å². The molecule has 0 fully saturated rings. The molecule has 1 amide bonds. The molecule has 0 saturated heterocycles. The average molecular weight is 382 g/mol. The lowest BCUT2D eigenvalue weighted by atomic mass is 10.2. The maximum atomic E-state index is 12.5. The monoisotopic (exact) mass is 381 g/mol. The maximum absolute atomic E-state index is 12.5. The summed E-state index contributed by atoms with van der Waals surface area (Å²) in [5.74, 6) is 0.328. The third-order valence-electron chi connectivity index (χ3n) is 3.63. The van der Waals surface area contributed by atoms with Gasteiger partial charge in [-0.15, -0.1) is 0 Å². The summed E-state index contributed by atoms with van der Waals surface area (Å²) in [5.41, 5.74) is 2.59. The number of benzene rings is 2. The van der Waals surface area contributed by atoms with Gasteiger partial charge in [0, 0.05) is 10.7 Å². The normalized spacial score (nSPS) is 10.5. The van der Waals surface area contributed by atoms with E-state index in [1.54, 1.807) is 36.5 Å². The van der Waals surface area contributed by atoms with Gasteiger partial charge in [-0.25, -0.2) is 4.98 Å². The first-order chi connectivity index (χ1) is 13.0. The number of hydrogen-bond acceptors (Lipinski definition) is 4. The van der Waals surface area contributed by atoms with Crippen molar-refractivity contribution in [3.8, 4) is 5.75 Å². The summed E-state index contributed by atoms with van der Waals surface area (Å²) in [6, 6.07) is 18.1. The number of nitrogens with one attached hydrogen (secondary N) is 2. The maximum Gasteiger partial charge on any atom is 0.274 e. The second-order valence-corrected chi connectivity index (χ2v) is 6.62. The van der Waals surface area contributed by atoms with Gasteiger partial charge in [0.2, 0.25) is 0 Å². The highest BCUT2D eigenvalue weighted by Gasteiger charge is 2.12. The van der Waals surface area contributed by atoms with E-state index in [4.69, 9.17) is 16.3 Å². The number of ether oxygens (including phenoxy) is 1. The van der Waals surface area contributed by atoms with Crippen LogP contribution in [-0.4, -0.2) is 17.0 Å². The molecular weight excluding hydrogens is 362 g/mol. The van der Waals surface area contributed by atoms with Crippen molar-refractivity contribution in [1.82, 2.24) is 4.98 Å². The number of hydrogen-bond donors (Lipinski definition) is 2. The summed E-state index contributed by atoms with van der Waals surface area (Å²) in [6.07, 6.45) is 1.62. The van der Waals surface area contributed by atoms with E-state index in [-0.39, 0.29) is 12.0 Å². The number of aromatic nitrogens is 1. The number of amides is 1. The molecule has 6 heteroatoms. The van der Waals surface area contributed by atoms with Crippen LogP contribution in [0.3, 0.4) is 0 Å². The number of rotatable bonds is 6. The predicted molar refractivity (Wildman–Crippen MR) is 109 cm³/mol. The molecule has 3 aromatic rings. The van der Waals surface area contributed by atoms with Gasteiger partial charge >= 0.3 is 0 Å². The van der Waals surface area contributed by atoms with Crippen LogP contribution in [0.5, 0.6) is 5.75 Å². The second-order valence-electron chi connectivity index (χ2n) is 6.18. The minimum atomic E-state index is -0.298. The smallest absolute Gasteiger partial charge is 0.274 e. The van der Waals surface area contributed by atoms with Gasteiger partial charge in [-0.2, -0.15) is 0 Å². The van der Waals surface area contributed by atoms with Crippen molar-refractivity contribution in [3.05, 3.63) is 77.6 Å². The molecule has 5 nitrogen and oxygen atoms in total. The summed E-state index contributed by atoms with van der Waals surface area (Å²) in [5, 5.41) is 6.72. The number of carbonyl (C=O) groups is 1. The molecule has 0 aliphatic carbocycles. The SMILES string of the molecule is CC(C)Oc1ccccc1NC(=O)c1ccc(Nc2ccc(Cl)cc2)cn1. The van der Waals surface area contributed by atoms with Crippen LogP contribution < -0.4 is 15.4 Å². The molecule has 0 radical (unpaired) electrons. The van der Waals surface area contributed by atoms with Crippen LogP contribution >= 0.6 is 11.6 Å². The van der Waals surface area contributed by atoms with Crippen molar-refractivity contribution in [1.29, 1.82) is 0 Å². The summed E-state index contributed by atoms with van der Waals surface area (Å²) < 4.78 is 5.72. The van der Waals surface area contributed by atoms with E-state index >= 15 is 0 Å². The van der Waals surface area contributed by atoms with E-state index in [9.17, 15) is 4.79 Å². The first-order valence-electron chi connectivity index (χ1n) is 8.57. The van der Waals surface area contributed by atoms with Crippen LogP contribution in [0.1, 0.15) is 24.3 Å². The minimum Gasteiger partial charge on any atom is -0.489 e. The molecule has 0 aliphatic heterocycles. The molecular formula is C21H20ClN3O2. The summed E-state index contributed by atoms with van der Waals surface area (Å²) in [6.45, 7) is 3.87. The highest BCUT2D eigenvalue weighted by Crippen LogP contribution is 2.25. The Hall–Kier alpha value is -3.05. The van der Waals surface area contributed by atoms with Crippen LogP contribution in [0.15, 0.2) is 66.9 Å². The van der Waals surface area contributed by atoms with Gasteiger partial charge in [-0.1, -0.05) is 23.7 Å². The van der Waals surface area contributed by atoms with Gasteiger partial charge in [-0.3, -0.25) is 4.79 Å². The first kappa shape index (κ1) is 18.7. The van der Waals surface area contributed by atoms with Crippen LogP contribution in [0.2, 0.25) is 5.02 Å². The van der Waals surface area contributed by atoms with E-state index in [0.717, 1.165) is 11.4 Å². The summed E-state index contributed by atoms with van der Waals surface area (Å²) in [4.78, 5) is 16.7. The van der Waals surface area contributed by atoms with E-state index in [2.05, 4.69) is 15.6 Å². The van der Waals surface area contributed by atoms with Crippen molar-refractivity contribution in [2.45, 2.75) is 20.0 Å². The largest absolute Gasteiger partial charge is 0.489 e. The number of nitrogens with zero attached hydrogens (tertiary/aromatic N) is 1. The molecule has 0 spiro atoms. The number of carbonyl (C=O) groups excluding carboxylic acids is 1. The Morgan fingerprint density at radius 3 is 2.37 bits per heavy atom. The van der Waals surface area contributed by atoms with Crippen molar-refractivity contribution in [2.24, 2.45) is 0 Å². The van der Waals surface area contributed by atoms with Gasteiger partial charge in [-0.05, 0) is 62.4 Å². The Bertz CT molecular complexity index is 909. The minimum absolute atomic E-state index is 0.0133. The Morgan fingerprint density at radius 2 is 1.70 bits per heavy atom. The molecule has 138 valence electrons. The quantitative estimate of drug-likeness (QED) is 0.590. The molecule has 0 unspecified atom stereocenters. The highest BCUT2D eigenvalue weighted by atomic mass is 35.5. The van der Waals surface area contributed by atoms with Crippen LogP contribution in [0.4, 0.5) is 17.1 Å². The van der Waals surface area contributed by atoms with Crippen LogP contribution in [0, 0.1) is 0 Å². The standard InChI is InChI=1S/C21H20ClN3O2/c1-14(2)27-20-6-4-3-5-18(20)25-21(26)19-12-11-17(13-23-19)24-16-9-7-15(22)8-10-16/h3-14,24H,1-2H3,(H,25,26). The van der Waals surface area contributed by atoms with E-state index in [0.29, 0.717) is 22.2 Å². The first-order valence-corrected chi connectivity index (χ1v) is 8.95. The zero-order chi connectivity index (χ0) is 19.2. The molecule has 1 heterocycles. The third-order valence-corrected chi connectivity index (χ3v) is 3.88. The molecule has 3 rings (SSSR count). The van der Waals surface area contributed by atoms with E-state index in [1.165, 1.54) is 0 Å². The molecule has 2 N–H and O–H groups in total. The zero-order valence-electron chi connectivity index (χ0n) is 15.1. The fourth-order valence-corrected chi connectivity index (χ4v) is 2.54. The number of para-hydroxylation sites is 2. The molecule has 0 aliphatic rings. The molecule has 27 heavy (non-hydrogen) atoms. The van der Waals surface area contributed by atoms with Gasteiger partial charge in [0.25, 0.3) is 5.91 Å². The Kier molecular flexibility index (Phi) is 5.94. The molecule has 1 aromatic heterocycles. The number of halogens is 1. The number of pyridine rings is 1. The van der Waals surface area contributed by atoms with Gasteiger partial charge < -0.3 is 15.4 Å². The van der Waals surface area contributed by atoms with Gasteiger partial charge in [0.05, 0.1) is 23.7 Å². The predicted octanol–water partition coefficient (Wildman–Crippen LogP) is 5.52. The second kappa shape index (κ2) is 8.56.